The lowest BCUT2D eigenvalue weighted by atomic mass is 10.0. The van der Waals surface area contributed by atoms with Gasteiger partial charge in [-0.1, -0.05) is 32.0 Å². The van der Waals surface area contributed by atoms with Crippen LogP contribution >= 0.6 is 22.7 Å². The topological polar surface area (TPSA) is 0 Å². The van der Waals surface area contributed by atoms with Crippen molar-refractivity contribution in [2.75, 3.05) is 0 Å². The van der Waals surface area contributed by atoms with Crippen LogP contribution < -0.4 is 0 Å². The molecule has 0 aliphatic carbocycles. The molecule has 1 aromatic carbocycles. The fraction of sp³-hybridized carbons (Fsp3) is 0.286. The molecule has 0 spiro atoms. The quantitative estimate of drug-likeness (QED) is 0.528. The van der Waals surface area contributed by atoms with E-state index < -0.39 is 0 Å². The molecule has 0 N–H and O–H groups in total. The molecule has 3 aromatic rings. The number of benzene rings is 1. The molecule has 0 aliphatic heterocycles. The summed E-state index contributed by atoms with van der Waals surface area (Å²) in [5.41, 5.74) is 1.56. The molecule has 82 valence electrons. The highest BCUT2D eigenvalue weighted by Crippen LogP contribution is 2.44. The molecule has 0 saturated heterocycles. The first-order chi connectivity index (χ1) is 7.68. The summed E-state index contributed by atoms with van der Waals surface area (Å²) >= 11 is 3.90. The Morgan fingerprint density at radius 1 is 1.00 bits per heavy atom. The second kappa shape index (κ2) is 3.57. The lowest BCUT2D eigenvalue weighted by molar-refractivity contribution is 0.874. The third-order valence-corrected chi connectivity index (χ3v) is 5.49. The van der Waals surface area contributed by atoms with Crippen molar-refractivity contribution in [3.05, 3.63) is 34.7 Å². The summed E-state index contributed by atoms with van der Waals surface area (Å²) < 4.78 is 4.42. The van der Waals surface area contributed by atoms with Crippen LogP contribution in [0.1, 0.15) is 30.2 Å². The van der Waals surface area contributed by atoms with E-state index in [1.54, 1.807) is 5.56 Å². The Morgan fingerprint density at radius 3 is 2.50 bits per heavy atom. The molecule has 0 nitrogen and oxygen atoms in total. The van der Waals surface area contributed by atoms with E-state index in [2.05, 4.69) is 45.0 Å². The monoisotopic (exact) mass is 246 g/mol. The van der Waals surface area contributed by atoms with Crippen molar-refractivity contribution < 1.29 is 0 Å². The first kappa shape index (κ1) is 10.3. The molecule has 0 unspecified atom stereocenters. The zero-order valence-corrected chi connectivity index (χ0v) is 11.3. The second-order valence-corrected chi connectivity index (χ2v) is 6.76. The predicted molar refractivity (Wildman–Crippen MR) is 76.0 cm³/mol. The molecule has 2 aromatic heterocycles. The molecule has 0 atom stereocenters. The average Bonchev–Trinajstić information content (AvgIpc) is 2.71. The fourth-order valence-corrected chi connectivity index (χ4v) is 5.31. The summed E-state index contributed by atoms with van der Waals surface area (Å²) in [6.45, 7) is 6.83. The van der Waals surface area contributed by atoms with Crippen LogP contribution in [-0.2, 0) is 0 Å². The fourth-order valence-electron chi connectivity index (χ4n) is 2.34. The van der Waals surface area contributed by atoms with Gasteiger partial charge in [0, 0.05) is 15.0 Å². The molecule has 0 bridgehead atoms. The Bertz CT molecular complexity index is 656. The van der Waals surface area contributed by atoms with Crippen molar-refractivity contribution in [1.29, 1.82) is 0 Å². The summed E-state index contributed by atoms with van der Waals surface area (Å²) in [6.07, 6.45) is 0. The van der Waals surface area contributed by atoms with Crippen molar-refractivity contribution in [3.8, 4) is 0 Å². The highest BCUT2D eigenvalue weighted by Gasteiger charge is 2.16. The lowest BCUT2D eigenvalue weighted by Gasteiger charge is -2.02. The van der Waals surface area contributed by atoms with Crippen LogP contribution in [0.5, 0.6) is 0 Å². The maximum atomic E-state index is 2.29. The zero-order chi connectivity index (χ0) is 11.3. The standard InChI is InChI=1S/C14H14S2/c1-8(2)12-9(3)15-13-10-6-4-5-7-11(10)16-14(12)13/h4-8H,1-3H3. The van der Waals surface area contributed by atoms with Crippen molar-refractivity contribution in [2.45, 2.75) is 26.7 Å². The van der Waals surface area contributed by atoms with Gasteiger partial charge in [-0.15, -0.1) is 22.7 Å². The van der Waals surface area contributed by atoms with Crippen molar-refractivity contribution in [2.24, 2.45) is 0 Å². The van der Waals surface area contributed by atoms with E-state index >= 15 is 0 Å². The highest BCUT2D eigenvalue weighted by molar-refractivity contribution is 7.33. The van der Waals surface area contributed by atoms with E-state index in [-0.39, 0.29) is 0 Å². The summed E-state index contributed by atoms with van der Waals surface area (Å²) in [4.78, 5) is 1.49. The van der Waals surface area contributed by atoms with Crippen LogP contribution in [0.15, 0.2) is 24.3 Å². The lowest BCUT2D eigenvalue weighted by Crippen LogP contribution is -1.85. The zero-order valence-electron chi connectivity index (χ0n) is 9.70. The largest absolute Gasteiger partial charge is 0.139 e. The van der Waals surface area contributed by atoms with Crippen LogP contribution in [0, 0.1) is 6.92 Å². The Labute approximate surface area is 104 Å². The van der Waals surface area contributed by atoms with Gasteiger partial charge in [0.25, 0.3) is 0 Å². The number of fused-ring (bicyclic) bond motifs is 3. The van der Waals surface area contributed by atoms with Gasteiger partial charge in [-0.05, 0) is 24.5 Å². The van der Waals surface area contributed by atoms with E-state index in [9.17, 15) is 0 Å². The number of thiophene rings is 2. The maximum absolute atomic E-state index is 2.29. The number of hydrogen-bond donors (Lipinski definition) is 0. The maximum Gasteiger partial charge on any atom is 0.0535 e. The van der Waals surface area contributed by atoms with Crippen LogP contribution in [-0.4, -0.2) is 0 Å². The highest BCUT2D eigenvalue weighted by atomic mass is 32.1. The van der Waals surface area contributed by atoms with Gasteiger partial charge >= 0.3 is 0 Å². The first-order valence-corrected chi connectivity index (χ1v) is 7.22. The van der Waals surface area contributed by atoms with Gasteiger partial charge in [-0.3, -0.25) is 0 Å². The average molecular weight is 246 g/mol. The molecule has 0 amide bonds. The molecule has 16 heavy (non-hydrogen) atoms. The molecular weight excluding hydrogens is 232 g/mol. The third kappa shape index (κ3) is 1.33. The van der Waals surface area contributed by atoms with Crippen LogP contribution in [0.3, 0.4) is 0 Å². The van der Waals surface area contributed by atoms with E-state index in [0.29, 0.717) is 5.92 Å². The van der Waals surface area contributed by atoms with Gasteiger partial charge in [0.1, 0.15) is 0 Å². The van der Waals surface area contributed by atoms with Crippen LogP contribution in [0.25, 0.3) is 19.5 Å². The van der Waals surface area contributed by atoms with Gasteiger partial charge in [0.15, 0.2) is 0 Å². The van der Waals surface area contributed by atoms with Crippen molar-refractivity contribution in [1.82, 2.24) is 0 Å². The first-order valence-electron chi connectivity index (χ1n) is 5.59. The van der Waals surface area contributed by atoms with Crippen molar-refractivity contribution in [3.63, 3.8) is 0 Å². The molecule has 0 fully saturated rings. The Kier molecular flexibility index (Phi) is 2.30. The minimum atomic E-state index is 0.627. The summed E-state index contributed by atoms with van der Waals surface area (Å²) in [5, 5.41) is 1.43. The van der Waals surface area contributed by atoms with E-state index in [4.69, 9.17) is 0 Å². The van der Waals surface area contributed by atoms with Crippen LogP contribution in [0.4, 0.5) is 0 Å². The molecule has 2 heterocycles. The molecular formula is C14H14S2. The van der Waals surface area contributed by atoms with Gasteiger partial charge in [-0.2, -0.15) is 0 Å². The van der Waals surface area contributed by atoms with Gasteiger partial charge < -0.3 is 0 Å². The summed E-state index contributed by atoms with van der Waals surface area (Å²) in [5.74, 6) is 0.627. The normalized spacial score (nSPS) is 12.0. The van der Waals surface area contributed by atoms with Gasteiger partial charge in [0.05, 0.1) is 9.40 Å². The van der Waals surface area contributed by atoms with E-state index in [1.165, 1.54) is 24.4 Å². The second-order valence-electron chi connectivity index (χ2n) is 4.48. The number of aryl methyl sites for hydroxylation is 1. The van der Waals surface area contributed by atoms with Crippen LogP contribution in [0.2, 0.25) is 0 Å². The predicted octanol–water partition coefficient (Wildman–Crippen LogP) is 5.55. The Hall–Kier alpha value is -0.860. The molecule has 3 rings (SSSR count). The molecule has 0 aliphatic rings. The van der Waals surface area contributed by atoms with Crippen molar-refractivity contribution >= 4 is 42.2 Å². The van der Waals surface area contributed by atoms with Gasteiger partial charge in [0.2, 0.25) is 0 Å². The SMILES string of the molecule is Cc1sc2c(sc3ccccc32)c1C(C)C. The number of rotatable bonds is 1. The molecule has 2 heteroatoms. The molecule has 0 radical (unpaired) electrons. The van der Waals surface area contributed by atoms with E-state index in [0.717, 1.165) is 0 Å². The Morgan fingerprint density at radius 2 is 1.75 bits per heavy atom. The smallest absolute Gasteiger partial charge is 0.0535 e. The third-order valence-electron chi connectivity index (χ3n) is 3.01. The van der Waals surface area contributed by atoms with Gasteiger partial charge in [-0.25, -0.2) is 0 Å². The minimum Gasteiger partial charge on any atom is -0.139 e. The van der Waals surface area contributed by atoms with E-state index in [1.807, 2.05) is 22.7 Å². The molecule has 0 saturated carbocycles. The summed E-state index contributed by atoms with van der Waals surface area (Å²) in [7, 11) is 0. The summed E-state index contributed by atoms with van der Waals surface area (Å²) in [6, 6.07) is 8.74. The Balaban J connectivity index is 2.48. The minimum absolute atomic E-state index is 0.627. The number of hydrogen-bond acceptors (Lipinski definition) is 2.